The van der Waals surface area contributed by atoms with Gasteiger partial charge in [0.15, 0.2) is 0 Å². The maximum Gasteiger partial charge on any atom is 0.270 e. The normalized spacial score (nSPS) is 15.6. The summed E-state index contributed by atoms with van der Waals surface area (Å²) >= 11 is 0. The van der Waals surface area contributed by atoms with E-state index in [0.29, 0.717) is 31.7 Å². The van der Waals surface area contributed by atoms with Crippen LogP contribution in [-0.4, -0.2) is 53.6 Å². The molecule has 8 nitrogen and oxygen atoms in total. The van der Waals surface area contributed by atoms with Gasteiger partial charge in [-0.15, -0.1) is 0 Å². The molecule has 1 aromatic carbocycles. The van der Waals surface area contributed by atoms with Crippen LogP contribution in [-0.2, 0) is 11.2 Å². The first-order valence-corrected chi connectivity index (χ1v) is 11.5. The Labute approximate surface area is 193 Å². The number of likely N-dealkylation sites (tertiary alicyclic amines) is 1. The lowest BCUT2D eigenvalue weighted by Crippen LogP contribution is -2.43. The smallest absolute Gasteiger partial charge is 0.270 e. The third-order valence-corrected chi connectivity index (χ3v) is 6.86. The first-order valence-electron chi connectivity index (χ1n) is 11.5. The predicted molar refractivity (Wildman–Crippen MR) is 125 cm³/mol. The number of ether oxygens (including phenoxy) is 1. The van der Waals surface area contributed by atoms with Crippen molar-refractivity contribution >= 4 is 22.7 Å². The highest BCUT2D eigenvalue weighted by Crippen LogP contribution is 2.27. The van der Waals surface area contributed by atoms with Gasteiger partial charge in [-0.3, -0.25) is 9.59 Å². The van der Waals surface area contributed by atoms with Gasteiger partial charge < -0.3 is 24.5 Å². The molecule has 2 aromatic heterocycles. The van der Waals surface area contributed by atoms with E-state index >= 15 is 0 Å². The van der Waals surface area contributed by atoms with Gasteiger partial charge in [0.05, 0.1) is 12.8 Å². The highest BCUT2D eigenvalue weighted by Gasteiger charge is 2.30. The zero-order valence-corrected chi connectivity index (χ0v) is 19.7. The Morgan fingerprint density at radius 3 is 2.70 bits per heavy atom. The van der Waals surface area contributed by atoms with Crippen LogP contribution in [0.25, 0.3) is 10.9 Å². The molecule has 1 unspecified atom stereocenters. The molecule has 4 rings (SSSR count). The van der Waals surface area contributed by atoms with E-state index in [2.05, 4.69) is 15.5 Å². The van der Waals surface area contributed by atoms with Gasteiger partial charge in [0, 0.05) is 48.1 Å². The van der Waals surface area contributed by atoms with Gasteiger partial charge in [-0.25, -0.2) is 0 Å². The summed E-state index contributed by atoms with van der Waals surface area (Å²) in [6, 6.07) is 7.61. The second-order valence-corrected chi connectivity index (χ2v) is 8.90. The Hall–Kier alpha value is -3.29. The lowest BCUT2D eigenvalue weighted by molar-refractivity contribution is -0.126. The van der Waals surface area contributed by atoms with E-state index in [1.807, 2.05) is 49.9 Å². The number of aryl methyl sites for hydroxylation is 2. The number of amides is 2. The Balaban J connectivity index is 1.28. The molecule has 3 heterocycles. The molecule has 176 valence electrons. The molecule has 1 saturated heterocycles. The summed E-state index contributed by atoms with van der Waals surface area (Å²) in [7, 11) is 1.63. The van der Waals surface area contributed by atoms with E-state index in [1.165, 1.54) is 0 Å². The number of nitrogens with one attached hydrogen (secondary N) is 2. The number of piperidine rings is 1. The average Bonchev–Trinajstić information content (AvgIpc) is 3.40. The standard InChI is InChI=1S/C25H32N4O4/c1-15(24(30)26-10-7-21-16(2)28-33-17(21)3)18-8-11-29(12-9-18)25(31)23-13-19-5-6-20(32-4)14-22(19)27-23/h5-6,13-15,18,27H,7-12H2,1-4H3,(H,26,30). The molecule has 0 spiro atoms. The molecule has 2 N–H and O–H groups in total. The van der Waals surface area contributed by atoms with Crippen molar-refractivity contribution in [2.45, 2.75) is 40.0 Å². The van der Waals surface area contributed by atoms with Crippen molar-refractivity contribution in [3.05, 3.63) is 47.0 Å². The highest BCUT2D eigenvalue weighted by molar-refractivity contribution is 5.98. The first kappa shape index (κ1) is 22.9. The largest absolute Gasteiger partial charge is 0.497 e. The number of methoxy groups -OCH3 is 1. The molecule has 0 bridgehead atoms. The van der Waals surface area contributed by atoms with Gasteiger partial charge >= 0.3 is 0 Å². The van der Waals surface area contributed by atoms with Crippen molar-refractivity contribution in [3.63, 3.8) is 0 Å². The van der Waals surface area contributed by atoms with Gasteiger partial charge in [-0.05, 0) is 57.2 Å². The number of H-pyrrole nitrogens is 1. The van der Waals surface area contributed by atoms with Crippen molar-refractivity contribution in [2.24, 2.45) is 11.8 Å². The number of hydrogen-bond acceptors (Lipinski definition) is 5. The van der Waals surface area contributed by atoms with Gasteiger partial charge in [-0.1, -0.05) is 12.1 Å². The fourth-order valence-electron chi connectivity index (χ4n) is 4.67. The minimum absolute atomic E-state index is 0.000169. The lowest BCUT2D eigenvalue weighted by atomic mass is 9.84. The Kier molecular flexibility index (Phi) is 6.72. The minimum Gasteiger partial charge on any atom is -0.497 e. The van der Waals surface area contributed by atoms with Crippen LogP contribution in [0.3, 0.4) is 0 Å². The summed E-state index contributed by atoms with van der Waals surface area (Å²) in [6.07, 6.45) is 2.35. The molecule has 2 amide bonds. The second kappa shape index (κ2) is 9.68. The van der Waals surface area contributed by atoms with Gasteiger partial charge in [0.25, 0.3) is 5.91 Å². The number of nitrogens with zero attached hydrogens (tertiary/aromatic N) is 2. The quantitative estimate of drug-likeness (QED) is 0.570. The van der Waals surface area contributed by atoms with Crippen molar-refractivity contribution in [1.29, 1.82) is 0 Å². The van der Waals surface area contributed by atoms with E-state index in [4.69, 9.17) is 9.26 Å². The summed E-state index contributed by atoms with van der Waals surface area (Å²) in [5.74, 6) is 1.80. The van der Waals surface area contributed by atoms with E-state index < -0.39 is 0 Å². The zero-order chi connectivity index (χ0) is 23.5. The molecular formula is C25H32N4O4. The molecule has 33 heavy (non-hydrogen) atoms. The van der Waals surface area contributed by atoms with Crippen LogP contribution in [0.4, 0.5) is 0 Å². The summed E-state index contributed by atoms with van der Waals surface area (Å²) in [5, 5.41) is 7.99. The zero-order valence-electron chi connectivity index (χ0n) is 19.7. The number of rotatable bonds is 7. The lowest BCUT2D eigenvalue weighted by Gasteiger charge is -2.34. The topological polar surface area (TPSA) is 100 Å². The molecule has 1 aliphatic heterocycles. The number of fused-ring (bicyclic) bond motifs is 1. The maximum atomic E-state index is 13.0. The molecule has 1 atom stereocenters. The number of hydrogen-bond donors (Lipinski definition) is 2. The molecule has 1 aliphatic rings. The molecular weight excluding hydrogens is 420 g/mol. The Morgan fingerprint density at radius 2 is 2.03 bits per heavy atom. The summed E-state index contributed by atoms with van der Waals surface area (Å²) in [6.45, 7) is 7.66. The minimum atomic E-state index is -0.0903. The summed E-state index contributed by atoms with van der Waals surface area (Å²) < 4.78 is 10.4. The number of aromatic nitrogens is 2. The van der Waals surface area contributed by atoms with Crippen LogP contribution < -0.4 is 10.1 Å². The molecule has 0 radical (unpaired) electrons. The van der Waals surface area contributed by atoms with Crippen molar-refractivity contribution < 1.29 is 18.8 Å². The maximum absolute atomic E-state index is 13.0. The number of aromatic amines is 1. The fraction of sp³-hybridized carbons (Fsp3) is 0.480. The van der Waals surface area contributed by atoms with Crippen molar-refractivity contribution in [2.75, 3.05) is 26.7 Å². The average molecular weight is 453 g/mol. The third-order valence-electron chi connectivity index (χ3n) is 6.86. The Morgan fingerprint density at radius 1 is 1.27 bits per heavy atom. The van der Waals surface area contributed by atoms with Crippen LogP contribution in [0.5, 0.6) is 5.75 Å². The van der Waals surface area contributed by atoms with Crippen molar-refractivity contribution in [3.8, 4) is 5.75 Å². The van der Waals surface area contributed by atoms with Crippen LogP contribution in [0.2, 0.25) is 0 Å². The summed E-state index contributed by atoms with van der Waals surface area (Å²) in [5.41, 5.74) is 3.41. The SMILES string of the molecule is COc1ccc2cc(C(=O)N3CCC(C(C)C(=O)NCCc4c(C)noc4C)CC3)[nH]c2c1. The number of carbonyl (C=O) groups is 2. The van der Waals surface area contributed by atoms with Crippen molar-refractivity contribution in [1.82, 2.24) is 20.4 Å². The highest BCUT2D eigenvalue weighted by atomic mass is 16.5. The number of carbonyl (C=O) groups excluding carboxylic acids is 2. The molecule has 0 saturated carbocycles. The molecule has 8 heteroatoms. The van der Waals surface area contributed by atoms with Crippen LogP contribution >= 0.6 is 0 Å². The van der Waals surface area contributed by atoms with Crippen LogP contribution in [0, 0.1) is 25.7 Å². The van der Waals surface area contributed by atoms with Gasteiger partial charge in [-0.2, -0.15) is 0 Å². The van der Waals surface area contributed by atoms with E-state index in [0.717, 1.165) is 46.5 Å². The monoisotopic (exact) mass is 452 g/mol. The molecule has 0 aliphatic carbocycles. The Bertz CT molecular complexity index is 1120. The third kappa shape index (κ3) is 4.89. The van der Waals surface area contributed by atoms with E-state index in [-0.39, 0.29) is 23.7 Å². The van der Waals surface area contributed by atoms with Crippen LogP contribution in [0.15, 0.2) is 28.8 Å². The van der Waals surface area contributed by atoms with E-state index in [9.17, 15) is 9.59 Å². The van der Waals surface area contributed by atoms with Gasteiger partial charge in [0.2, 0.25) is 5.91 Å². The predicted octanol–water partition coefficient (Wildman–Crippen LogP) is 3.63. The fourth-order valence-corrected chi connectivity index (χ4v) is 4.67. The molecule has 1 fully saturated rings. The van der Waals surface area contributed by atoms with E-state index in [1.54, 1.807) is 7.11 Å². The summed E-state index contributed by atoms with van der Waals surface area (Å²) in [4.78, 5) is 30.8. The van der Waals surface area contributed by atoms with Crippen LogP contribution in [0.1, 0.15) is 47.3 Å². The second-order valence-electron chi connectivity index (χ2n) is 8.90. The molecule has 3 aromatic rings. The van der Waals surface area contributed by atoms with Gasteiger partial charge in [0.1, 0.15) is 17.2 Å². The first-order chi connectivity index (χ1) is 15.9. The number of benzene rings is 1.